The van der Waals surface area contributed by atoms with Crippen molar-refractivity contribution >= 4 is 20.2 Å². The van der Waals surface area contributed by atoms with Crippen LogP contribution in [0, 0.1) is 5.92 Å². The number of hydrogen-bond acceptors (Lipinski definition) is 7. The molecule has 33 heavy (non-hydrogen) atoms. The highest BCUT2D eigenvalue weighted by Crippen LogP contribution is 2.45. The van der Waals surface area contributed by atoms with Crippen molar-refractivity contribution in [1.29, 1.82) is 0 Å². The van der Waals surface area contributed by atoms with Crippen molar-refractivity contribution in [3.8, 4) is 5.75 Å². The molecule has 4 aliphatic heterocycles. The summed E-state index contributed by atoms with van der Waals surface area (Å²) in [5.74, 6) is 1.03. The molecule has 0 aromatic heterocycles. The number of hydrogen-bond donors (Lipinski definition) is 2. The van der Waals surface area contributed by atoms with Gasteiger partial charge in [0.25, 0.3) is 10.2 Å². The molecule has 184 valence electrons. The zero-order valence-electron chi connectivity index (χ0n) is 18.8. The molecule has 12 heteroatoms. The summed E-state index contributed by atoms with van der Waals surface area (Å²) in [5, 5.41) is 0. The Morgan fingerprint density at radius 2 is 2.00 bits per heavy atom. The SMILES string of the molecule is CNS(=O)(=O)NCCCS(=O)(=O)N1CCC[C@H]2CN3CCc4cc5c(cc4[C@@H]3C[C@H]21)OOC5. The first-order valence-corrected chi connectivity index (χ1v) is 14.7. The molecule has 1 aromatic carbocycles. The van der Waals surface area contributed by atoms with Crippen molar-refractivity contribution in [2.45, 2.75) is 50.8 Å². The van der Waals surface area contributed by atoms with Crippen LogP contribution in [0.15, 0.2) is 12.1 Å². The van der Waals surface area contributed by atoms with E-state index in [-0.39, 0.29) is 30.8 Å². The molecule has 0 amide bonds. The van der Waals surface area contributed by atoms with E-state index in [0.717, 1.165) is 50.1 Å². The van der Waals surface area contributed by atoms with E-state index in [9.17, 15) is 16.8 Å². The minimum atomic E-state index is -3.56. The van der Waals surface area contributed by atoms with Gasteiger partial charge in [0.2, 0.25) is 10.0 Å². The maximum absolute atomic E-state index is 13.3. The van der Waals surface area contributed by atoms with E-state index in [4.69, 9.17) is 9.78 Å². The lowest BCUT2D eigenvalue weighted by Crippen LogP contribution is -2.57. The van der Waals surface area contributed by atoms with Crippen LogP contribution in [-0.4, -0.2) is 71.1 Å². The largest absolute Gasteiger partial charge is 0.337 e. The Balaban J connectivity index is 1.32. The smallest absolute Gasteiger partial charge is 0.276 e. The van der Waals surface area contributed by atoms with Crippen LogP contribution in [-0.2, 0) is 38.1 Å². The summed E-state index contributed by atoms with van der Waals surface area (Å²) < 4.78 is 55.8. The van der Waals surface area contributed by atoms with Crippen LogP contribution in [0.25, 0.3) is 0 Å². The fourth-order valence-electron chi connectivity index (χ4n) is 5.83. The first-order chi connectivity index (χ1) is 15.8. The van der Waals surface area contributed by atoms with E-state index in [1.54, 1.807) is 4.31 Å². The van der Waals surface area contributed by atoms with Crippen LogP contribution in [0.2, 0.25) is 0 Å². The molecule has 10 nitrogen and oxygen atoms in total. The second-order valence-electron chi connectivity index (χ2n) is 9.35. The van der Waals surface area contributed by atoms with E-state index in [1.165, 1.54) is 18.2 Å². The predicted octanol–water partition coefficient (Wildman–Crippen LogP) is 0.668. The quantitative estimate of drug-likeness (QED) is 0.417. The van der Waals surface area contributed by atoms with Crippen molar-refractivity contribution in [1.82, 2.24) is 18.6 Å². The third kappa shape index (κ3) is 4.66. The lowest BCUT2D eigenvalue weighted by molar-refractivity contribution is -0.194. The van der Waals surface area contributed by atoms with Gasteiger partial charge in [-0.25, -0.2) is 17.9 Å². The van der Waals surface area contributed by atoms with E-state index in [2.05, 4.69) is 26.5 Å². The van der Waals surface area contributed by atoms with Crippen molar-refractivity contribution in [3.05, 3.63) is 28.8 Å². The average Bonchev–Trinajstić information content (AvgIpc) is 3.26. The number of nitrogens with zero attached hydrogens (tertiary/aromatic N) is 2. The summed E-state index contributed by atoms with van der Waals surface area (Å²) in [4.78, 5) is 13.0. The zero-order chi connectivity index (χ0) is 23.2. The molecule has 5 rings (SSSR count). The highest BCUT2D eigenvalue weighted by atomic mass is 32.2. The Morgan fingerprint density at radius 3 is 2.82 bits per heavy atom. The molecule has 0 radical (unpaired) electrons. The molecular formula is C21H32N4O6S2. The molecule has 0 unspecified atom stereocenters. The number of fused-ring (bicyclic) bond motifs is 5. The molecule has 2 N–H and O–H groups in total. The van der Waals surface area contributed by atoms with Gasteiger partial charge in [0, 0.05) is 50.9 Å². The van der Waals surface area contributed by atoms with Gasteiger partial charge in [-0.1, -0.05) is 0 Å². The fraction of sp³-hybridized carbons (Fsp3) is 0.714. The molecule has 2 fully saturated rings. The van der Waals surface area contributed by atoms with Gasteiger partial charge >= 0.3 is 0 Å². The Hall–Kier alpha value is -1.28. The van der Waals surface area contributed by atoms with Gasteiger partial charge < -0.3 is 4.89 Å². The summed E-state index contributed by atoms with van der Waals surface area (Å²) in [6.45, 7) is 2.98. The van der Waals surface area contributed by atoms with Crippen molar-refractivity contribution in [2.75, 3.05) is 39.0 Å². The molecular weight excluding hydrogens is 468 g/mol. The lowest BCUT2D eigenvalue weighted by Gasteiger charge is -2.51. The van der Waals surface area contributed by atoms with Crippen LogP contribution in [0.5, 0.6) is 5.75 Å². The molecule has 0 aliphatic carbocycles. The molecule has 1 aromatic rings. The fourth-order valence-corrected chi connectivity index (χ4v) is 8.21. The van der Waals surface area contributed by atoms with Crippen LogP contribution in [0.3, 0.4) is 0 Å². The molecule has 0 bridgehead atoms. The van der Waals surface area contributed by atoms with Crippen LogP contribution in [0.4, 0.5) is 0 Å². The van der Waals surface area contributed by atoms with Gasteiger partial charge in [0.15, 0.2) is 5.75 Å². The molecule has 4 heterocycles. The maximum Gasteiger partial charge on any atom is 0.276 e. The normalized spacial score (nSPS) is 27.8. The average molecular weight is 501 g/mol. The van der Waals surface area contributed by atoms with Crippen LogP contribution in [0.1, 0.15) is 48.4 Å². The van der Waals surface area contributed by atoms with Gasteiger partial charge in [-0.3, -0.25) is 4.90 Å². The van der Waals surface area contributed by atoms with E-state index in [0.29, 0.717) is 19.1 Å². The van der Waals surface area contributed by atoms with Crippen LogP contribution < -0.4 is 14.3 Å². The van der Waals surface area contributed by atoms with Gasteiger partial charge in [0.1, 0.15) is 6.61 Å². The van der Waals surface area contributed by atoms with Crippen LogP contribution >= 0.6 is 0 Å². The highest BCUT2D eigenvalue weighted by molar-refractivity contribution is 7.89. The number of rotatable bonds is 7. The third-order valence-electron chi connectivity index (χ3n) is 7.45. The second-order valence-corrected chi connectivity index (χ2v) is 13.1. The number of piperidine rings is 2. The van der Waals surface area contributed by atoms with Gasteiger partial charge in [-0.2, -0.15) is 17.6 Å². The zero-order valence-corrected chi connectivity index (χ0v) is 20.5. The summed E-state index contributed by atoms with van der Waals surface area (Å²) in [6, 6.07) is 4.41. The Bertz CT molecular complexity index is 1110. The van der Waals surface area contributed by atoms with E-state index >= 15 is 0 Å². The molecule has 2 saturated heterocycles. The standard InChI is InChI=1S/C21H32N4O6S2/c1-22-33(28,29)23-6-3-9-32(26,27)25-7-2-4-16-13-24-8-5-15-10-17-14-30-31-21(17)11-18(15)20(24)12-19(16)25/h10-11,16,19-20,22-23H,2-9,12-14H2,1H3/t16-,19+,20-/m0/s1. The Labute approximate surface area is 195 Å². The molecule has 4 aliphatic rings. The van der Waals surface area contributed by atoms with Crippen molar-refractivity contribution < 1.29 is 26.6 Å². The first-order valence-electron chi connectivity index (χ1n) is 11.6. The Kier molecular flexibility index (Phi) is 6.44. The maximum atomic E-state index is 13.3. The number of benzene rings is 1. The molecule has 3 atom stereocenters. The van der Waals surface area contributed by atoms with Gasteiger partial charge in [-0.05, 0) is 61.3 Å². The minimum absolute atomic E-state index is 0.0321. The minimum Gasteiger partial charge on any atom is -0.337 e. The highest BCUT2D eigenvalue weighted by Gasteiger charge is 2.46. The summed E-state index contributed by atoms with van der Waals surface area (Å²) in [5.41, 5.74) is 3.62. The first kappa shape index (κ1) is 23.5. The van der Waals surface area contributed by atoms with Gasteiger partial charge in [-0.15, -0.1) is 0 Å². The molecule has 0 saturated carbocycles. The summed E-state index contributed by atoms with van der Waals surface area (Å²) in [6.07, 6.45) is 3.89. The number of sulfonamides is 1. The monoisotopic (exact) mass is 500 g/mol. The van der Waals surface area contributed by atoms with Crippen molar-refractivity contribution in [2.24, 2.45) is 5.92 Å². The summed E-state index contributed by atoms with van der Waals surface area (Å²) in [7, 11) is -5.73. The summed E-state index contributed by atoms with van der Waals surface area (Å²) >= 11 is 0. The lowest BCUT2D eigenvalue weighted by atomic mass is 9.77. The van der Waals surface area contributed by atoms with Crippen molar-refractivity contribution in [3.63, 3.8) is 0 Å². The number of nitrogens with one attached hydrogen (secondary N) is 2. The third-order valence-corrected chi connectivity index (χ3v) is 10.5. The van der Waals surface area contributed by atoms with E-state index in [1.807, 2.05) is 0 Å². The Morgan fingerprint density at radius 1 is 1.15 bits per heavy atom. The second kappa shape index (κ2) is 9.06. The molecule has 0 spiro atoms. The van der Waals surface area contributed by atoms with E-state index < -0.39 is 20.2 Å². The predicted molar refractivity (Wildman–Crippen MR) is 122 cm³/mol. The van der Waals surface area contributed by atoms with Gasteiger partial charge in [0.05, 0.1) is 5.75 Å². The topological polar surface area (TPSA) is 117 Å².